The van der Waals surface area contributed by atoms with Gasteiger partial charge in [-0.2, -0.15) is 0 Å². The van der Waals surface area contributed by atoms with Crippen molar-refractivity contribution >= 4 is 39.3 Å². The molecule has 0 atom stereocenters. The first-order chi connectivity index (χ1) is 9.51. The van der Waals surface area contributed by atoms with E-state index in [1.165, 1.54) is 0 Å². The van der Waals surface area contributed by atoms with Crippen molar-refractivity contribution in [1.29, 1.82) is 0 Å². The molecule has 110 valence electrons. The maximum atomic E-state index is 12.0. The average Bonchev–Trinajstić information content (AvgIpc) is 2.43. The Morgan fingerprint density at radius 2 is 1.95 bits per heavy atom. The van der Waals surface area contributed by atoms with Crippen LogP contribution in [0.2, 0.25) is 5.02 Å². The zero-order chi connectivity index (χ0) is 15.1. The van der Waals surface area contributed by atoms with E-state index in [0.29, 0.717) is 41.1 Å². The molecule has 0 aliphatic rings. The smallest absolute Gasteiger partial charge is 0.252 e. The lowest BCUT2D eigenvalue weighted by Crippen LogP contribution is -2.34. The van der Waals surface area contributed by atoms with Crippen LogP contribution in [0.15, 0.2) is 22.7 Å². The fourth-order valence-electron chi connectivity index (χ4n) is 1.79. The van der Waals surface area contributed by atoms with Gasteiger partial charge in [0.1, 0.15) is 0 Å². The molecule has 0 aliphatic heterocycles. The average molecular weight is 362 g/mol. The first-order valence-corrected chi connectivity index (χ1v) is 7.68. The zero-order valence-electron chi connectivity index (χ0n) is 11.6. The van der Waals surface area contributed by atoms with Gasteiger partial charge in [-0.3, -0.25) is 9.59 Å². The van der Waals surface area contributed by atoms with Crippen molar-refractivity contribution in [3.8, 4) is 0 Å². The van der Waals surface area contributed by atoms with Crippen molar-refractivity contribution in [2.75, 3.05) is 19.6 Å². The zero-order valence-corrected chi connectivity index (χ0v) is 13.9. The number of hydrogen-bond acceptors (Lipinski definition) is 2. The number of nitrogens with one attached hydrogen (secondary N) is 1. The van der Waals surface area contributed by atoms with Crippen LogP contribution in [0.25, 0.3) is 0 Å². The van der Waals surface area contributed by atoms with Crippen LogP contribution in [-0.4, -0.2) is 36.3 Å². The largest absolute Gasteiger partial charge is 0.351 e. The molecule has 0 spiro atoms. The second kappa shape index (κ2) is 8.27. The van der Waals surface area contributed by atoms with Crippen LogP contribution in [0.3, 0.4) is 0 Å². The Kier molecular flexibility index (Phi) is 7.02. The fourth-order valence-corrected chi connectivity index (χ4v) is 2.37. The number of carbonyl (C=O) groups excluding carboxylic acids is 2. The Morgan fingerprint density at radius 1 is 1.30 bits per heavy atom. The molecule has 1 aromatic rings. The minimum atomic E-state index is -0.274. The molecule has 0 heterocycles. The molecule has 0 saturated carbocycles. The van der Waals surface area contributed by atoms with Gasteiger partial charge < -0.3 is 10.2 Å². The highest BCUT2D eigenvalue weighted by atomic mass is 79.9. The summed E-state index contributed by atoms with van der Waals surface area (Å²) in [6.45, 7) is 5.53. The van der Waals surface area contributed by atoms with E-state index in [1.807, 2.05) is 13.8 Å². The lowest BCUT2D eigenvalue weighted by atomic mass is 10.2. The Labute approximate surface area is 132 Å². The first kappa shape index (κ1) is 17.0. The van der Waals surface area contributed by atoms with Gasteiger partial charge in [-0.1, -0.05) is 17.7 Å². The highest BCUT2D eigenvalue weighted by Crippen LogP contribution is 2.25. The Hall–Kier alpha value is -1.07. The van der Waals surface area contributed by atoms with Gasteiger partial charge in [-0.05, 0) is 41.9 Å². The molecule has 0 aromatic heterocycles. The highest BCUT2D eigenvalue weighted by molar-refractivity contribution is 9.10. The number of halogens is 2. The van der Waals surface area contributed by atoms with Crippen LogP contribution in [0.1, 0.15) is 30.6 Å². The molecule has 0 bridgehead atoms. The normalized spacial score (nSPS) is 10.2. The molecule has 1 aromatic carbocycles. The third kappa shape index (κ3) is 4.49. The predicted octanol–water partition coefficient (Wildman–Crippen LogP) is 3.09. The second-order valence-corrected chi connectivity index (χ2v) is 5.41. The molecular formula is C14H18BrClN2O2. The summed E-state index contributed by atoms with van der Waals surface area (Å²) in [4.78, 5) is 25.5. The summed E-state index contributed by atoms with van der Waals surface area (Å²) in [6, 6.07) is 5.16. The molecular weight excluding hydrogens is 344 g/mol. The quantitative estimate of drug-likeness (QED) is 0.846. The maximum absolute atomic E-state index is 12.0. The third-order valence-corrected chi connectivity index (χ3v) is 4.23. The molecule has 20 heavy (non-hydrogen) atoms. The standard InChI is InChI=1S/C14H18BrClN2O2/c1-3-18(4-2)12(19)8-9-17-14(20)10-6-5-7-11(15)13(10)16/h5-7H,3-4,8-9H2,1-2H3,(H,17,20). The monoisotopic (exact) mass is 360 g/mol. The molecule has 0 unspecified atom stereocenters. The van der Waals surface area contributed by atoms with E-state index in [4.69, 9.17) is 11.6 Å². The van der Waals surface area contributed by atoms with Crippen molar-refractivity contribution in [3.05, 3.63) is 33.3 Å². The van der Waals surface area contributed by atoms with Crippen molar-refractivity contribution in [2.45, 2.75) is 20.3 Å². The Morgan fingerprint density at radius 3 is 2.55 bits per heavy atom. The van der Waals surface area contributed by atoms with Crippen molar-refractivity contribution in [1.82, 2.24) is 10.2 Å². The number of benzene rings is 1. The molecule has 0 radical (unpaired) electrons. The maximum Gasteiger partial charge on any atom is 0.252 e. The summed E-state index contributed by atoms with van der Waals surface area (Å²) in [5, 5.41) is 3.08. The van der Waals surface area contributed by atoms with Crippen LogP contribution in [-0.2, 0) is 4.79 Å². The molecule has 0 saturated heterocycles. The van der Waals surface area contributed by atoms with E-state index in [2.05, 4.69) is 21.2 Å². The topological polar surface area (TPSA) is 49.4 Å². The molecule has 2 amide bonds. The summed E-state index contributed by atoms with van der Waals surface area (Å²) in [5.74, 6) is -0.237. The third-order valence-electron chi connectivity index (χ3n) is 2.94. The van der Waals surface area contributed by atoms with E-state index in [9.17, 15) is 9.59 Å². The number of carbonyl (C=O) groups is 2. The van der Waals surface area contributed by atoms with E-state index in [1.54, 1.807) is 23.1 Å². The van der Waals surface area contributed by atoms with Crippen LogP contribution in [0, 0.1) is 0 Å². The lowest BCUT2D eigenvalue weighted by Gasteiger charge is -2.18. The van der Waals surface area contributed by atoms with Gasteiger partial charge in [-0.25, -0.2) is 0 Å². The van der Waals surface area contributed by atoms with E-state index in [0.717, 1.165) is 0 Å². The predicted molar refractivity (Wildman–Crippen MR) is 84.0 cm³/mol. The van der Waals surface area contributed by atoms with Crippen molar-refractivity contribution < 1.29 is 9.59 Å². The van der Waals surface area contributed by atoms with E-state index in [-0.39, 0.29) is 11.8 Å². The summed E-state index contributed by atoms with van der Waals surface area (Å²) in [5.41, 5.74) is 0.399. The Balaban J connectivity index is 2.52. The summed E-state index contributed by atoms with van der Waals surface area (Å²) >= 11 is 9.31. The van der Waals surface area contributed by atoms with Gasteiger partial charge in [0.05, 0.1) is 10.6 Å². The van der Waals surface area contributed by atoms with Crippen LogP contribution in [0.5, 0.6) is 0 Å². The van der Waals surface area contributed by atoms with Crippen molar-refractivity contribution in [3.63, 3.8) is 0 Å². The molecule has 1 rings (SSSR count). The molecule has 0 aliphatic carbocycles. The molecule has 0 fully saturated rings. The minimum absolute atomic E-state index is 0.0376. The Bertz CT molecular complexity index is 490. The fraction of sp³-hybridized carbons (Fsp3) is 0.429. The number of amides is 2. The molecule has 6 heteroatoms. The lowest BCUT2D eigenvalue weighted by molar-refractivity contribution is -0.130. The van der Waals surface area contributed by atoms with Gasteiger partial charge in [0.15, 0.2) is 0 Å². The van der Waals surface area contributed by atoms with Gasteiger partial charge in [0, 0.05) is 30.5 Å². The second-order valence-electron chi connectivity index (χ2n) is 4.17. The summed E-state index contributed by atoms with van der Waals surface area (Å²) in [6.07, 6.45) is 0.291. The molecule has 1 N–H and O–H groups in total. The van der Waals surface area contributed by atoms with Gasteiger partial charge in [0.2, 0.25) is 5.91 Å². The van der Waals surface area contributed by atoms with Crippen LogP contribution in [0.4, 0.5) is 0 Å². The number of rotatable bonds is 6. The van der Waals surface area contributed by atoms with Crippen LogP contribution < -0.4 is 5.32 Å². The number of nitrogens with zero attached hydrogens (tertiary/aromatic N) is 1. The van der Waals surface area contributed by atoms with Gasteiger partial charge >= 0.3 is 0 Å². The van der Waals surface area contributed by atoms with E-state index >= 15 is 0 Å². The first-order valence-electron chi connectivity index (χ1n) is 6.51. The summed E-state index contributed by atoms with van der Waals surface area (Å²) in [7, 11) is 0. The summed E-state index contributed by atoms with van der Waals surface area (Å²) < 4.78 is 0.672. The number of hydrogen-bond donors (Lipinski definition) is 1. The SMILES string of the molecule is CCN(CC)C(=O)CCNC(=O)c1cccc(Br)c1Cl. The van der Waals surface area contributed by atoms with E-state index < -0.39 is 0 Å². The van der Waals surface area contributed by atoms with Crippen molar-refractivity contribution in [2.24, 2.45) is 0 Å². The minimum Gasteiger partial charge on any atom is -0.351 e. The van der Waals surface area contributed by atoms with Crippen LogP contribution >= 0.6 is 27.5 Å². The highest BCUT2D eigenvalue weighted by Gasteiger charge is 2.13. The molecule has 4 nitrogen and oxygen atoms in total. The van der Waals surface area contributed by atoms with Gasteiger partial charge in [0.25, 0.3) is 5.91 Å². The van der Waals surface area contributed by atoms with Gasteiger partial charge in [-0.15, -0.1) is 0 Å².